The van der Waals surface area contributed by atoms with Crippen LogP contribution in [0.4, 0.5) is 0 Å². The summed E-state index contributed by atoms with van der Waals surface area (Å²) in [6, 6.07) is 0. The molecule has 0 spiro atoms. The second kappa shape index (κ2) is 4.85. The number of fused-ring (bicyclic) bond motifs is 5. The van der Waals surface area contributed by atoms with Crippen molar-refractivity contribution in [2.24, 2.45) is 40.4 Å². The van der Waals surface area contributed by atoms with Crippen LogP contribution < -0.4 is 0 Å². The van der Waals surface area contributed by atoms with E-state index in [9.17, 15) is 5.11 Å². The molecule has 3 saturated carbocycles. The van der Waals surface area contributed by atoms with Crippen LogP contribution in [0.25, 0.3) is 0 Å². The lowest BCUT2D eigenvalue weighted by atomic mass is 9.47. The molecule has 4 aliphatic rings. The van der Waals surface area contributed by atoms with Gasteiger partial charge in [-0.05, 0) is 85.4 Å². The number of aliphatic hydroxyl groups excluding tert-OH is 1. The second-order valence-corrected chi connectivity index (χ2v) is 9.81. The standard InChI is InChI=1S/C21H34O/c1-13-7-9-20(3)15(11-13)5-6-16-17(20)8-10-21(4)18(16)12-14(2)19(21)22/h5,13-14,16-19,22H,6-12H2,1-4H3/t13-,14-,16+,17-,18-,19+,20-,21-/m0/s1. The fourth-order valence-corrected chi connectivity index (χ4v) is 7.18. The van der Waals surface area contributed by atoms with Gasteiger partial charge >= 0.3 is 0 Å². The third-order valence-electron chi connectivity index (χ3n) is 8.63. The minimum absolute atomic E-state index is 0.0667. The highest BCUT2D eigenvalue weighted by Gasteiger charge is 2.59. The largest absolute Gasteiger partial charge is 0.392 e. The average molecular weight is 303 g/mol. The summed E-state index contributed by atoms with van der Waals surface area (Å²) in [6.07, 6.45) is 11.9. The first-order chi connectivity index (χ1) is 10.4. The lowest BCUT2D eigenvalue weighted by molar-refractivity contribution is -0.0713. The van der Waals surface area contributed by atoms with Gasteiger partial charge in [-0.1, -0.05) is 39.3 Å². The third-order valence-corrected chi connectivity index (χ3v) is 8.63. The van der Waals surface area contributed by atoms with E-state index in [1.165, 1.54) is 44.9 Å². The van der Waals surface area contributed by atoms with Crippen molar-refractivity contribution < 1.29 is 5.11 Å². The molecule has 4 rings (SSSR count). The second-order valence-electron chi connectivity index (χ2n) is 9.81. The van der Waals surface area contributed by atoms with E-state index < -0.39 is 0 Å². The lowest BCUT2D eigenvalue weighted by Crippen LogP contribution is -2.50. The number of allylic oxidation sites excluding steroid dienone is 2. The molecule has 3 fully saturated rings. The zero-order valence-electron chi connectivity index (χ0n) is 14.9. The molecular formula is C21H34O. The molecular weight excluding hydrogens is 268 g/mol. The highest BCUT2D eigenvalue weighted by atomic mass is 16.3. The molecule has 0 aromatic heterocycles. The van der Waals surface area contributed by atoms with Gasteiger partial charge in [0.1, 0.15) is 0 Å². The first kappa shape index (κ1) is 15.2. The van der Waals surface area contributed by atoms with Gasteiger partial charge in [0.2, 0.25) is 0 Å². The molecule has 0 aromatic carbocycles. The van der Waals surface area contributed by atoms with Crippen LogP contribution in [0.1, 0.15) is 72.6 Å². The molecule has 4 aliphatic carbocycles. The summed E-state index contributed by atoms with van der Waals surface area (Å²) in [5, 5.41) is 10.8. The van der Waals surface area contributed by atoms with E-state index in [2.05, 4.69) is 33.8 Å². The molecule has 1 heteroatoms. The summed E-state index contributed by atoms with van der Waals surface area (Å²) in [5.41, 5.74) is 2.47. The Morgan fingerprint density at radius 1 is 1.09 bits per heavy atom. The van der Waals surface area contributed by atoms with Gasteiger partial charge in [0.15, 0.2) is 0 Å². The van der Waals surface area contributed by atoms with Gasteiger partial charge in [0.05, 0.1) is 6.10 Å². The Kier molecular flexibility index (Phi) is 3.36. The molecule has 124 valence electrons. The highest BCUT2D eigenvalue weighted by Crippen LogP contribution is 2.65. The van der Waals surface area contributed by atoms with Crippen LogP contribution in [-0.4, -0.2) is 11.2 Å². The van der Waals surface area contributed by atoms with Crippen molar-refractivity contribution in [1.82, 2.24) is 0 Å². The molecule has 22 heavy (non-hydrogen) atoms. The molecule has 0 amide bonds. The van der Waals surface area contributed by atoms with Crippen molar-refractivity contribution in [3.63, 3.8) is 0 Å². The summed E-state index contributed by atoms with van der Waals surface area (Å²) in [6.45, 7) is 9.68. The van der Waals surface area contributed by atoms with Crippen LogP contribution in [0, 0.1) is 40.4 Å². The van der Waals surface area contributed by atoms with Crippen molar-refractivity contribution in [2.75, 3.05) is 0 Å². The highest BCUT2D eigenvalue weighted by molar-refractivity contribution is 5.25. The minimum Gasteiger partial charge on any atom is -0.392 e. The van der Waals surface area contributed by atoms with E-state index in [1.54, 1.807) is 5.57 Å². The average Bonchev–Trinajstić information content (AvgIpc) is 2.72. The first-order valence-corrected chi connectivity index (χ1v) is 9.74. The van der Waals surface area contributed by atoms with Gasteiger partial charge in [-0.2, -0.15) is 0 Å². The van der Waals surface area contributed by atoms with E-state index in [4.69, 9.17) is 0 Å². The number of rotatable bonds is 0. The van der Waals surface area contributed by atoms with E-state index in [0.29, 0.717) is 11.3 Å². The van der Waals surface area contributed by atoms with E-state index in [0.717, 1.165) is 23.7 Å². The maximum Gasteiger partial charge on any atom is 0.0622 e. The maximum atomic E-state index is 10.8. The summed E-state index contributed by atoms with van der Waals surface area (Å²) in [5.74, 6) is 3.86. The third kappa shape index (κ3) is 1.87. The van der Waals surface area contributed by atoms with Gasteiger partial charge in [-0.3, -0.25) is 0 Å². The summed E-state index contributed by atoms with van der Waals surface area (Å²) < 4.78 is 0. The number of aliphatic hydroxyl groups is 1. The van der Waals surface area contributed by atoms with Crippen molar-refractivity contribution in [3.05, 3.63) is 11.6 Å². The number of hydrogen-bond donors (Lipinski definition) is 1. The van der Waals surface area contributed by atoms with Crippen molar-refractivity contribution >= 4 is 0 Å². The van der Waals surface area contributed by atoms with E-state index >= 15 is 0 Å². The molecule has 0 unspecified atom stereocenters. The Hall–Kier alpha value is -0.300. The Morgan fingerprint density at radius 2 is 1.86 bits per heavy atom. The van der Waals surface area contributed by atoms with Crippen molar-refractivity contribution in [3.8, 4) is 0 Å². The molecule has 0 bridgehead atoms. The predicted molar refractivity (Wildman–Crippen MR) is 91.4 cm³/mol. The Bertz CT molecular complexity index is 494. The summed E-state index contributed by atoms with van der Waals surface area (Å²) in [4.78, 5) is 0. The Morgan fingerprint density at radius 3 is 2.64 bits per heavy atom. The zero-order valence-corrected chi connectivity index (χ0v) is 14.9. The topological polar surface area (TPSA) is 20.2 Å². The molecule has 0 radical (unpaired) electrons. The number of hydrogen-bond acceptors (Lipinski definition) is 1. The van der Waals surface area contributed by atoms with Gasteiger partial charge in [-0.25, -0.2) is 0 Å². The van der Waals surface area contributed by atoms with Crippen LogP contribution in [0.3, 0.4) is 0 Å². The van der Waals surface area contributed by atoms with Gasteiger partial charge in [-0.15, -0.1) is 0 Å². The van der Waals surface area contributed by atoms with Crippen LogP contribution in [0.2, 0.25) is 0 Å². The smallest absolute Gasteiger partial charge is 0.0622 e. The molecule has 0 saturated heterocycles. The molecule has 0 aromatic rings. The molecule has 8 atom stereocenters. The summed E-state index contributed by atoms with van der Waals surface area (Å²) >= 11 is 0. The lowest BCUT2D eigenvalue weighted by Gasteiger charge is -2.57. The van der Waals surface area contributed by atoms with E-state index in [-0.39, 0.29) is 11.5 Å². The monoisotopic (exact) mass is 302 g/mol. The Balaban J connectivity index is 1.68. The van der Waals surface area contributed by atoms with Gasteiger partial charge < -0.3 is 5.11 Å². The fraction of sp³-hybridized carbons (Fsp3) is 0.905. The Labute approximate surface area is 136 Å². The van der Waals surface area contributed by atoms with Crippen LogP contribution in [-0.2, 0) is 0 Å². The van der Waals surface area contributed by atoms with Crippen molar-refractivity contribution in [2.45, 2.75) is 78.7 Å². The fourth-order valence-electron chi connectivity index (χ4n) is 7.18. The quantitative estimate of drug-likeness (QED) is 0.610. The van der Waals surface area contributed by atoms with E-state index in [1.807, 2.05) is 0 Å². The predicted octanol–water partition coefficient (Wildman–Crippen LogP) is 5.19. The summed E-state index contributed by atoms with van der Waals surface area (Å²) in [7, 11) is 0. The maximum absolute atomic E-state index is 10.8. The van der Waals surface area contributed by atoms with Gasteiger partial charge in [0.25, 0.3) is 0 Å². The molecule has 0 aliphatic heterocycles. The molecule has 1 N–H and O–H groups in total. The van der Waals surface area contributed by atoms with Crippen LogP contribution in [0.5, 0.6) is 0 Å². The van der Waals surface area contributed by atoms with Crippen LogP contribution in [0.15, 0.2) is 11.6 Å². The van der Waals surface area contributed by atoms with Gasteiger partial charge in [0, 0.05) is 0 Å². The van der Waals surface area contributed by atoms with Crippen LogP contribution >= 0.6 is 0 Å². The normalized spacial score (nSPS) is 57.6. The zero-order chi connectivity index (χ0) is 15.7. The molecule has 1 nitrogen and oxygen atoms in total. The first-order valence-electron chi connectivity index (χ1n) is 9.74. The SMILES string of the molecule is C[C@H]1CC[C@@]2(C)C(=CC[C@H]3[C@@H]4C[C@H](C)[C@@H](O)[C@@]4(C)CC[C@@H]32)C1. The molecule has 0 heterocycles. The van der Waals surface area contributed by atoms with Crippen molar-refractivity contribution in [1.29, 1.82) is 0 Å². The minimum atomic E-state index is -0.0667.